The Morgan fingerprint density at radius 2 is 1.58 bits per heavy atom. The molecule has 1 heterocycles. The van der Waals surface area contributed by atoms with Crippen LogP contribution in [0.5, 0.6) is 5.88 Å². The van der Waals surface area contributed by atoms with Gasteiger partial charge in [0.2, 0.25) is 5.88 Å². The fraction of sp³-hybridized carbons (Fsp3) is 0.211. The van der Waals surface area contributed by atoms with E-state index in [2.05, 4.69) is 15.3 Å². The minimum atomic E-state index is -0.339. The van der Waals surface area contributed by atoms with E-state index in [1.54, 1.807) is 0 Å². The summed E-state index contributed by atoms with van der Waals surface area (Å²) in [6, 6.07) is 11.5. The Bertz CT molecular complexity index is 935. The van der Waals surface area contributed by atoms with E-state index >= 15 is 0 Å². The number of hydrogen-bond donors (Lipinski definition) is 1. The highest BCUT2D eigenvalue weighted by Gasteiger charge is 2.18. The summed E-state index contributed by atoms with van der Waals surface area (Å²) in [7, 11) is 1.49. The van der Waals surface area contributed by atoms with Crippen molar-refractivity contribution in [2.75, 3.05) is 12.4 Å². The lowest BCUT2D eigenvalue weighted by Crippen LogP contribution is -2.16. The number of carbonyl (C=O) groups excluding carboxylic acids is 1. The van der Waals surface area contributed by atoms with E-state index in [1.807, 2.05) is 57.2 Å². The van der Waals surface area contributed by atoms with E-state index in [1.165, 1.54) is 7.11 Å². The normalized spacial score (nSPS) is 10.7. The fourth-order valence-electron chi connectivity index (χ4n) is 2.48. The van der Waals surface area contributed by atoms with Crippen molar-refractivity contribution in [3.8, 4) is 5.88 Å². The van der Waals surface area contributed by atoms with E-state index < -0.39 is 0 Å². The second-order valence-electron chi connectivity index (χ2n) is 5.78. The van der Waals surface area contributed by atoms with Gasteiger partial charge in [0.25, 0.3) is 5.91 Å². The SMILES string of the molecule is COc1nc2cc(C)c(C)cc2nc1C(=O)Nc1ccccc1C. The zero-order valence-corrected chi connectivity index (χ0v) is 14.2. The highest BCUT2D eigenvalue weighted by atomic mass is 16.5. The molecule has 5 nitrogen and oxygen atoms in total. The third-order valence-electron chi connectivity index (χ3n) is 4.05. The van der Waals surface area contributed by atoms with Gasteiger partial charge in [-0.15, -0.1) is 0 Å². The molecule has 2 aromatic carbocycles. The summed E-state index contributed by atoms with van der Waals surface area (Å²) in [4.78, 5) is 21.6. The molecule has 24 heavy (non-hydrogen) atoms. The van der Waals surface area contributed by atoms with Gasteiger partial charge in [0, 0.05) is 5.69 Å². The van der Waals surface area contributed by atoms with Crippen LogP contribution in [0.2, 0.25) is 0 Å². The highest BCUT2D eigenvalue weighted by Crippen LogP contribution is 2.23. The number of methoxy groups -OCH3 is 1. The Balaban J connectivity index is 2.05. The number of anilines is 1. The number of nitrogens with one attached hydrogen (secondary N) is 1. The number of rotatable bonds is 3. The molecule has 122 valence electrons. The van der Waals surface area contributed by atoms with Gasteiger partial charge in [0.1, 0.15) is 0 Å². The topological polar surface area (TPSA) is 64.1 Å². The first-order chi connectivity index (χ1) is 11.5. The Morgan fingerprint density at radius 1 is 0.958 bits per heavy atom. The third kappa shape index (κ3) is 2.93. The molecule has 1 amide bonds. The van der Waals surface area contributed by atoms with Gasteiger partial charge in [0.05, 0.1) is 18.1 Å². The molecule has 0 aliphatic rings. The second-order valence-corrected chi connectivity index (χ2v) is 5.78. The lowest BCUT2D eigenvalue weighted by Gasteiger charge is -2.11. The first kappa shape index (κ1) is 15.9. The van der Waals surface area contributed by atoms with Crippen molar-refractivity contribution in [1.82, 2.24) is 9.97 Å². The summed E-state index contributed by atoms with van der Waals surface area (Å²) in [5, 5.41) is 2.87. The number of hydrogen-bond acceptors (Lipinski definition) is 4. The molecule has 0 atom stereocenters. The summed E-state index contributed by atoms with van der Waals surface area (Å²) < 4.78 is 5.28. The standard InChI is InChI=1S/C19H19N3O2/c1-11-7-5-6-8-14(11)21-18(23)17-19(24-4)22-16-10-13(3)12(2)9-15(16)20-17/h5-10H,1-4H3,(H,21,23). The Labute approximate surface area is 140 Å². The molecule has 5 heteroatoms. The van der Waals surface area contributed by atoms with Gasteiger partial charge in [-0.25, -0.2) is 9.97 Å². The highest BCUT2D eigenvalue weighted by molar-refractivity contribution is 6.05. The van der Waals surface area contributed by atoms with Gasteiger partial charge >= 0.3 is 0 Å². The van der Waals surface area contributed by atoms with Crippen LogP contribution in [0.25, 0.3) is 11.0 Å². The van der Waals surface area contributed by atoms with Crippen LogP contribution in [0.4, 0.5) is 5.69 Å². The minimum Gasteiger partial charge on any atom is -0.479 e. The molecule has 0 radical (unpaired) electrons. The van der Waals surface area contributed by atoms with Crippen molar-refractivity contribution in [1.29, 1.82) is 0 Å². The van der Waals surface area contributed by atoms with Gasteiger partial charge in [-0.1, -0.05) is 18.2 Å². The fourth-order valence-corrected chi connectivity index (χ4v) is 2.48. The van der Waals surface area contributed by atoms with Crippen molar-refractivity contribution in [3.05, 3.63) is 58.8 Å². The number of amides is 1. The molecule has 0 aliphatic carbocycles. The van der Waals surface area contributed by atoms with Crippen molar-refractivity contribution in [2.45, 2.75) is 20.8 Å². The summed E-state index contributed by atoms with van der Waals surface area (Å²) >= 11 is 0. The van der Waals surface area contributed by atoms with E-state index in [0.29, 0.717) is 11.0 Å². The van der Waals surface area contributed by atoms with Gasteiger partial charge in [-0.3, -0.25) is 4.79 Å². The number of para-hydroxylation sites is 1. The smallest absolute Gasteiger partial charge is 0.279 e. The number of carbonyl (C=O) groups is 1. The van der Waals surface area contributed by atoms with E-state index in [0.717, 1.165) is 22.4 Å². The molecule has 0 saturated carbocycles. The average molecular weight is 321 g/mol. The van der Waals surface area contributed by atoms with E-state index in [-0.39, 0.29) is 17.5 Å². The van der Waals surface area contributed by atoms with Crippen LogP contribution in [-0.2, 0) is 0 Å². The lowest BCUT2D eigenvalue weighted by atomic mass is 10.1. The summed E-state index contributed by atoms with van der Waals surface area (Å²) in [6.45, 7) is 5.96. The second kappa shape index (κ2) is 6.28. The summed E-state index contributed by atoms with van der Waals surface area (Å²) in [5.41, 5.74) is 5.51. The quantitative estimate of drug-likeness (QED) is 0.796. The van der Waals surface area contributed by atoms with Gasteiger partial charge in [0.15, 0.2) is 5.69 Å². The van der Waals surface area contributed by atoms with Gasteiger partial charge < -0.3 is 10.1 Å². The predicted molar refractivity (Wildman–Crippen MR) is 94.7 cm³/mol. The Kier molecular flexibility index (Phi) is 4.16. The van der Waals surface area contributed by atoms with Crippen LogP contribution >= 0.6 is 0 Å². The molecule has 1 N–H and O–H groups in total. The number of ether oxygens (including phenoxy) is 1. The van der Waals surface area contributed by atoms with Crippen molar-refractivity contribution >= 4 is 22.6 Å². The largest absolute Gasteiger partial charge is 0.479 e. The summed E-state index contributed by atoms with van der Waals surface area (Å²) in [6.07, 6.45) is 0. The maximum Gasteiger partial charge on any atom is 0.279 e. The molecular formula is C19H19N3O2. The maximum atomic E-state index is 12.6. The zero-order chi connectivity index (χ0) is 17.3. The van der Waals surface area contributed by atoms with Crippen molar-refractivity contribution in [3.63, 3.8) is 0 Å². The minimum absolute atomic E-state index is 0.177. The molecule has 0 fully saturated rings. The number of nitrogens with zero attached hydrogens (tertiary/aromatic N) is 2. The average Bonchev–Trinajstić information content (AvgIpc) is 2.57. The maximum absolute atomic E-state index is 12.6. The molecule has 0 bridgehead atoms. The van der Waals surface area contributed by atoms with Crippen LogP contribution in [0.1, 0.15) is 27.2 Å². The Morgan fingerprint density at radius 3 is 2.21 bits per heavy atom. The van der Waals surface area contributed by atoms with Gasteiger partial charge in [-0.05, 0) is 55.7 Å². The van der Waals surface area contributed by atoms with Crippen LogP contribution < -0.4 is 10.1 Å². The molecular weight excluding hydrogens is 302 g/mol. The third-order valence-corrected chi connectivity index (χ3v) is 4.05. The molecule has 0 unspecified atom stereocenters. The lowest BCUT2D eigenvalue weighted by molar-refractivity contribution is 0.101. The van der Waals surface area contributed by atoms with Crippen LogP contribution in [0, 0.1) is 20.8 Å². The number of aromatic nitrogens is 2. The predicted octanol–water partition coefficient (Wildman–Crippen LogP) is 3.82. The monoisotopic (exact) mass is 321 g/mol. The Hall–Kier alpha value is -2.95. The zero-order valence-electron chi connectivity index (χ0n) is 14.2. The van der Waals surface area contributed by atoms with Gasteiger partial charge in [-0.2, -0.15) is 0 Å². The van der Waals surface area contributed by atoms with E-state index in [4.69, 9.17) is 4.74 Å². The molecule has 1 aromatic heterocycles. The number of aryl methyl sites for hydroxylation is 3. The molecule has 0 spiro atoms. The van der Waals surface area contributed by atoms with Crippen LogP contribution in [0.3, 0.4) is 0 Å². The first-order valence-electron chi connectivity index (χ1n) is 7.69. The number of fused-ring (bicyclic) bond motifs is 1. The first-order valence-corrected chi connectivity index (χ1v) is 7.69. The van der Waals surface area contributed by atoms with Crippen molar-refractivity contribution < 1.29 is 9.53 Å². The van der Waals surface area contributed by atoms with E-state index in [9.17, 15) is 4.79 Å². The summed E-state index contributed by atoms with van der Waals surface area (Å²) in [5.74, 6) is -0.120. The van der Waals surface area contributed by atoms with Crippen LogP contribution in [-0.4, -0.2) is 23.0 Å². The molecule has 3 aromatic rings. The molecule has 3 rings (SSSR count). The number of benzene rings is 2. The molecule has 0 aliphatic heterocycles. The molecule has 0 saturated heterocycles. The van der Waals surface area contributed by atoms with Crippen LogP contribution in [0.15, 0.2) is 36.4 Å². The van der Waals surface area contributed by atoms with Crippen molar-refractivity contribution in [2.24, 2.45) is 0 Å².